The Morgan fingerprint density at radius 1 is 1.45 bits per heavy atom. The summed E-state index contributed by atoms with van der Waals surface area (Å²) < 4.78 is 4.98. The second kappa shape index (κ2) is 2.98. The van der Waals surface area contributed by atoms with Crippen molar-refractivity contribution in [3.8, 4) is 0 Å². The Morgan fingerprint density at radius 3 is 3.09 bits per heavy atom. The van der Waals surface area contributed by atoms with Crippen LogP contribution < -0.4 is 8.79 Å². The van der Waals surface area contributed by atoms with Gasteiger partial charge in [-0.1, -0.05) is 0 Å². The van der Waals surface area contributed by atoms with E-state index in [1.54, 1.807) is 5.56 Å². The van der Waals surface area contributed by atoms with Crippen molar-refractivity contribution in [3.05, 3.63) is 29.8 Å². The number of fused-ring (bicyclic) bond motifs is 1. The quantitative estimate of drug-likeness (QED) is 0.622. The minimum absolute atomic E-state index is 0.517. The number of rotatable bonds is 0. The Hall–Kier alpha value is -0.301. The summed E-state index contributed by atoms with van der Waals surface area (Å²) in [6, 6.07) is 8.75. The van der Waals surface area contributed by atoms with Gasteiger partial charge in [0.05, 0.1) is 0 Å². The molecule has 0 aliphatic carbocycles. The molecular weight excluding hydrogens is 201 g/mol. The Morgan fingerprint density at radius 2 is 2.27 bits per heavy atom. The summed E-state index contributed by atoms with van der Waals surface area (Å²) in [5.74, 6) is 0.696. The van der Waals surface area contributed by atoms with E-state index >= 15 is 0 Å². The maximum absolute atomic E-state index is 3.45. The molecule has 1 aliphatic rings. The third-order valence-corrected chi connectivity index (χ3v) is 3.92. The fourth-order valence-electron chi connectivity index (χ4n) is 1.33. The SMILES string of the molecule is CC1CN[Se]c2ccccc21. The van der Waals surface area contributed by atoms with Gasteiger partial charge in [0.25, 0.3) is 0 Å². The van der Waals surface area contributed by atoms with Crippen molar-refractivity contribution in [2.75, 3.05) is 6.54 Å². The van der Waals surface area contributed by atoms with Crippen molar-refractivity contribution < 1.29 is 0 Å². The molecule has 11 heavy (non-hydrogen) atoms. The monoisotopic (exact) mass is 213 g/mol. The molecule has 1 aromatic rings. The summed E-state index contributed by atoms with van der Waals surface area (Å²) in [6.07, 6.45) is 0. The molecule has 2 rings (SSSR count). The van der Waals surface area contributed by atoms with E-state index in [1.165, 1.54) is 4.46 Å². The number of hydrogen-bond donors (Lipinski definition) is 1. The van der Waals surface area contributed by atoms with Crippen molar-refractivity contribution >= 4 is 19.6 Å². The second-order valence-corrected chi connectivity index (χ2v) is 4.85. The van der Waals surface area contributed by atoms with Gasteiger partial charge in [0, 0.05) is 0 Å². The molecule has 1 N–H and O–H groups in total. The van der Waals surface area contributed by atoms with Crippen LogP contribution in [0.5, 0.6) is 0 Å². The Bertz CT molecular complexity index is 259. The molecule has 1 unspecified atom stereocenters. The van der Waals surface area contributed by atoms with Gasteiger partial charge < -0.3 is 0 Å². The van der Waals surface area contributed by atoms with Crippen molar-refractivity contribution in [1.29, 1.82) is 0 Å². The molecule has 0 saturated carbocycles. The van der Waals surface area contributed by atoms with Gasteiger partial charge in [0.1, 0.15) is 0 Å². The summed E-state index contributed by atoms with van der Waals surface area (Å²) in [4.78, 5) is 0. The number of benzene rings is 1. The average molecular weight is 212 g/mol. The Balaban J connectivity index is 2.44. The van der Waals surface area contributed by atoms with Crippen LogP contribution in [0.4, 0.5) is 0 Å². The van der Waals surface area contributed by atoms with Gasteiger partial charge in [-0.3, -0.25) is 0 Å². The molecule has 0 saturated heterocycles. The predicted molar refractivity (Wildman–Crippen MR) is 48.2 cm³/mol. The van der Waals surface area contributed by atoms with Crippen molar-refractivity contribution in [1.82, 2.24) is 4.33 Å². The van der Waals surface area contributed by atoms with E-state index in [9.17, 15) is 0 Å². The fourth-order valence-corrected chi connectivity index (χ4v) is 3.48. The zero-order valence-corrected chi connectivity index (χ0v) is 8.22. The van der Waals surface area contributed by atoms with Crippen LogP contribution in [0.1, 0.15) is 18.4 Å². The predicted octanol–water partition coefficient (Wildman–Crippen LogP) is 0.638. The molecule has 0 fully saturated rings. The third kappa shape index (κ3) is 1.34. The van der Waals surface area contributed by atoms with Gasteiger partial charge in [0.15, 0.2) is 0 Å². The molecule has 1 heterocycles. The van der Waals surface area contributed by atoms with E-state index in [-0.39, 0.29) is 0 Å². The number of hydrogen-bond acceptors (Lipinski definition) is 1. The average Bonchev–Trinajstić information content (AvgIpc) is 2.06. The van der Waals surface area contributed by atoms with Crippen LogP contribution in [0.15, 0.2) is 24.3 Å². The van der Waals surface area contributed by atoms with Gasteiger partial charge >= 0.3 is 73.2 Å². The zero-order chi connectivity index (χ0) is 7.68. The van der Waals surface area contributed by atoms with E-state index in [4.69, 9.17) is 0 Å². The van der Waals surface area contributed by atoms with Crippen molar-refractivity contribution in [2.24, 2.45) is 0 Å². The van der Waals surface area contributed by atoms with E-state index in [0.29, 0.717) is 21.1 Å². The van der Waals surface area contributed by atoms with E-state index in [2.05, 4.69) is 35.5 Å². The molecule has 0 radical (unpaired) electrons. The second-order valence-electron chi connectivity index (χ2n) is 2.89. The van der Waals surface area contributed by atoms with Gasteiger partial charge in [0.2, 0.25) is 0 Å². The first kappa shape index (κ1) is 7.35. The molecule has 1 atom stereocenters. The molecule has 0 amide bonds. The molecule has 58 valence electrons. The molecular formula is C9H11NSe. The first-order chi connectivity index (χ1) is 5.38. The van der Waals surface area contributed by atoms with Crippen LogP contribution in [0.25, 0.3) is 0 Å². The van der Waals surface area contributed by atoms with Crippen LogP contribution in [0.2, 0.25) is 0 Å². The van der Waals surface area contributed by atoms with Gasteiger partial charge in [-0.05, 0) is 0 Å². The van der Waals surface area contributed by atoms with Gasteiger partial charge in [-0.25, -0.2) is 0 Å². The standard InChI is InChI=1S/C9H11NSe/c1-7-6-10-11-9-5-3-2-4-8(7)9/h2-5,7,10H,6H2,1H3. The topological polar surface area (TPSA) is 12.0 Å². The summed E-state index contributed by atoms with van der Waals surface area (Å²) in [5, 5.41) is 0. The third-order valence-electron chi connectivity index (χ3n) is 2.02. The molecule has 0 bridgehead atoms. The molecule has 1 nitrogen and oxygen atoms in total. The van der Waals surface area contributed by atoms with E-state index < -0.39 is 0 Å². The summed E-state index contributed by atoms with van der Waals surface area (Å²) in [6.45, 7) is 3.43. The molecule has 0 aromatic heterocycles. The van der Waals surface area contributed by atoms with Crippen LogP contribution in [-0.4, -0.2) is 21.7 Å². The molecule has 2 heteroatoms. The number of nitrogens with one attached hydrogen (secondary N) is 1. The molecule has 1 aliphatic heterocycles. The summed E-state index contributed by atoms with van der Waals surface area (Å²) in [5.41, 5.74) is 1.55. The molecule has 1 aromatic carbocycles. The molecule has 0 spiro atoms. The van der Waals surface area contributed by atoms with Crippen LogP contribution in [0.3, 0.4) is 0 Å². The summed E-state index contributed by atoms with van der Waals surface area (Å²) >= 11 is 0.517. The Kier molecular flexibility index (Phi) is 1.99. The summed E-state index contributed by atoms with van der Waals surface area (Å²) in [7, 11) is 0. The normalized spacial score (nSPS) is 22.8. The maximum atomic E-state index is 3.45. The van der Waals surface area contributed by atoms with Crippen molar-refractivity contribution in [2.45, 2.75) is 12.8 Å². The van der Waals surface area contributed by atoms with Crippen LogP contribution in [0, 0.1) is 0 Å². The Labute approximate surface area is 73.6 Å². The first-order valence-electron chi connectivity index (χ1n) is 3.86. The van der Waals surface area contributed by atoms with E-state index in [0.717, 1.165) is 6.54 Å². The van der Waals surface area contributed by atoms with E-state index in [1.807, 2.05) is 0 Å². The van der Waals surface area contributed by atoms with Gasteiger partial charge in [-0.15, -0.1) is 0 Å². The fraction of sp³-hybridized carbons (Fsp3) is 0.333. The van der Waals surface area contributed by atoms with Gasteiger partial charge in [-0.2, -0.15) is 0 Å². The van der Waals surface area contributed by atoms with Crippen LogP contribution in [-0.2, 0) is 0 Å². The van der Waals surface area contributed by atoms with Crippen LogP contribution >= 0.6 is 0 Å². The van der Waals surface area contributed by atoms with Crippen molar-refractivity contribution in [3.63, 3.8) is 0 Å². The minimum atomic E-state index is 0.517. The zero-order valence-electron chi connectivity index (χ0n) is 6.50. The first-order valence-corrected chi connectivity index (χ1v) is 5.58.